The lowest BCUT2D eigenvalue weighted by molar-refractivity contribution is 0.471. The molecular formula is C22H18ClN3O. The normalized spacial score (nSPS) is 12.1. The summed E-state index contributed by atoms with van der Waals surface area (Å²) >= 11 is 6.55. The summed E-state index contributed by atoms with van der Waals surface area (Å²) in [7, 11) is 0. The Kier molecular flexibility index (Phi) is 4.65. The topological polar surface area (TPSA) is 58.0 Å². The van der Waals surface area contributed by atoms with Gasteiger partial charge in [0.1, 0.15) is 17.1 Å². The minimum atomic E-state index is -0.376. The lowest BCUT2D eigenvalue weighted by Crippen LogP contribution is -2.14. The number of nitrogens with zero attached hydrogens (tertiary/aromatic N) is 2. The molecule has 2 heterocycles. The maximum atomic E-state index is 10.9. The van der Waals surface area contributed by atoms with Gasteiger partial charge < -0.3 is 10.4 Å². The SMILES string of the molecule is Cc1ccc(C(Nc2ccccn2)c2ccc3cccnc3c2O)c(Cl)c1. The molecule has 0 radical (unpaired) electrons. The number of hydrogen-bond acceptors (Lipinski definition) is 4. The van der Waals surface area contributed by atoms with Gasteiger partial charge in [-0.25, -0.2) is 4.98 Å². The molecule has 0 amide bonds. The second-order valence-corrected chi connectivity index (χ2v) is 6.80. The number of benzene rings is 2. The van der Waals surface area contributed by atoms with Crippen LogP contribution in [0, 0.1) is 6.92 Å². The van der Waals surface area contributed by atoms with Crippen molar-refractivity contribution in [2.24, 2.45) is 0 Å². The Labute approximate surface area is 162 Å². The van der Waals surface area contributed by atoms with Gasteiger partial charge in [0.05, 0.1) is 6.04 Å². The van der Waals surface area contributed by atoms with E-state index < -0.39 is 0 Å². The van der Waals surface area contributed by atoms with E-state index in [0.29, 0.717) is 21.9 Å². The first-order valence-electron chi connectivity index (χ1n) is 8.63. The molecule has 2 N–H and O–H groups in total. The van der Waals surface area contributed by atoms with Crippen molar-refractivity contribution >= 4 is 28.3 Å². The lowest BCUT2D eigenvalue weighted by Gasteiger charge is -2.23. The van der Waals surface area contributed by atoms with Crippen LogP contribution in [0.2, 0.25) is 5.02 Å². The standard InChI is InChI=1S/C22H18ClN3O/c1-14-7-9-16(18(23)13-14)21(26-19-6-2-3-11-24-19)17-10-8-15-5-4-12-25-20(15)22(17)27/h2-13,21,27H,1H3,(H,24,26). The van der Waals surface area contributed by atoms with Crippen LogP contribution in [0.25, 0.3) is 10.9 Å². The molecule has 4 aromatic rings. The quantitative estimate of drug-likeness (QED) is 0.494. The molecule has 1 unspecified atom stereocenters. The largest absolute Gasteiger partial charge is 0.505 e. The third-order valence-corrected chi connectivity index (χ3v) is 4.84. The Bertz CT molecular complexity index is 1100. The Morgan fingerprint density at radius 2 is 1.74 bits per heavy atom. The van der Waals surface area contributed by atoms with E-state index in [4.69, 9.17) is 11.6 Å². The van der Waals surface area contributed by atoms with E-state index in [1.54, 1.807) is 12.4 Å². The highest BCUT2D eigenvalue weighted by molar-refractivity contribution is 6.31. The predicted octanol–water partition coefficient (Wildman–Crippen LogP) is 5.50. The molecule has 4 nitrogen and oxygen atoms in total. The van der Waals surface area contributed by atoms with Crippen LogP contribution in [0.15, 0.2) is 73.1 Å². The van der Waals surface area contributed by atoms with E-state index in [2.05, 4.69) is 15.3 Å². The first kappa shape index (κ1) is 17.3. The maximum Gasteiger partial charge on any atom is 0.147 e. The molecule has 27 heavy (non-hydrogen) atoms. The summed E-state index contributed by atoms with van der Waals surface area (Å²) in [6.07, 6.45) is 3.39. The van der Waals surface area contributed by atoms with Gasteiger partial charge in [0.15, 0.2) is 0 Å². The van der Waals surface area contributed by atoms with Crippen LogP contribution in [0.1, 0.15) is 22.7 Å². The molecule has 1 atom stereocenters. The van der Waals surface area contributed by atoms with Crippen LogP contribution in [0.5, 0.6) is 5.75 Å². The zero-order valence-electron chi connectivity index (χ0n) is 14.7. The van der Waals surface area contributed by atoms with Crippen molar-refractivity contribution in [2.45, 2.75) is 13.0 Å². The summed E-state index contributed by atoms with van der Waals surface area (Å²) in [6, 6.07) is 18.8. The van der Waals surface area contributed by atoms with Gasteiger partial charge in [0.25, 0.3) is 0 Å². The van der Waals surface area contributed by atoms with E-state index in [0.717, 1.165) is 16.5 Å². The van der Waals surface area contributed by atoms with Crippen molar-refractivity contribution in [1.29, 1.82) is 0 Å². The van der Waals surface area contributed by atoms with Crippen molar-refractivity contribution in [3.8, 4) is 5.75 Å². The maximum absolute atomic E-state index is 10.9. The van der Waals surface area contributed by atoms with Crippen LogP contribution in [0.4, 0.5) is 5.82 Å². The molecule has 0 fully saturated rings. The zero-order chi connectivity index (χ0) is 18.8. The molecule has 0 bridgehead atoms. The first-order valence-corrected chi connectivity index (χ1v) is 9.01. The molecule has 134 valence electrons. The monoisotopic (exact) mass is 375 g/mol. The summed E-state index contributed by atoms with van der Waals surface area (Å²) < 4.78 is 0. The Morgan fingerprint density at radius 3 is 2.52 bits per heavy atom. The number of aryl methyl sites for hydroxylation is 1. The molecule has 5 heteroatoms. The van der Waals surface area contributed by atoms with Gasteiger partial charge in [-0.05, 0) is 42.3 Å². The Morgan fingerprint density at radius 1 is 0.926 bits per heavy atom. The van der Waals surface area contributed by atoms with Gasteiger partial charge in [0.2, 0.25) is 0 Å². The van der Waals surface area contributed by atoms with Gasteiger partial charge in [-0.15, -0.1) is 0 Å². The van der Waals surface area contributed by atoms with Crippen molar-refractivity contribution in [2.75, 3.05) is 5.32 Å². The first-order chi connectivity index (χ1) is 13.1. The zero-order valence-corrected chi connectivity index (χ0v) is 15.5. The molecule has 0 aliphatic rings. The average Bonchev–Trinajstić information content (AvgIpc) is 2.68. The number of phenols is 1. The molecule has 2 aromatic carbocycles. The van der Waals surface area contributed by atoms with Crippen LogP contribution in [-0.4, -0.2) is 15.1 Å². The van der Waals surface area contributed by atoms with Crippen LogP contribution in [0.3, 0.4) is 0 Å². The Balaban J connectivity index is 1.88. The van der Waals surface area contributed by atoms with Gasteiger partial charge in [0, 0.05) is 28.4 Å². The number of rotatable bonds is 4. The lowest BCUT2D eigenvalue weighted by atomic mass is 9.95. The fourth-order valence-corrected chi connectivity index (χ4v) is 3.51. The number of aromatic nitrogens is 2. The molecule has 2 aromatic heterocycles. The number of nitrogens with one attached hydrogen (secondary N) is 1. The second kappa shape index (κ2) is 7.25. The number of pyridine rings is 2. The van der Waals surface area contributed by atoms with E-state index in [9.17, 15) is 5.11 Å². The van der Waals surface area contributed by atoms with Crippen LogP contribution < -0.4 is 5.32 Å². The smallest absolute Gasteiger partial charge is 0.147 e. The highest BCUT2D eigenvalue weighted by atomic mass is 35.5. The van der Waals surface area contributed by atoms with E-state index in [1.807, 2.05) is 67.6 Å². The summed E-state index contributed by atoms with van der Waals surface area (Å²) in [5.41, 5.74) is 3.19. The fourth-order valence-electron chi connectivity index (χ4n) is 3.16. The molecular weight excluding hydrogens is 358 g/mol. The van der Waals surface area contributed by atoms with Crippen molar-refractivity contribution in [1.82, 2.24) is 9.97 Å². The van der Waals surface area contributed by atoms with E-state index >= 15 is 0 Å². The van der Waals surface area contributed by atoms with Gasteiger partial charge >= 0.3 is 0 Å². The van der Waals surface area contributed by atoms with Crippen LogP contribution in [-0.2, 0) is 0 Å². The van der Waals surface area contributed by atoms with Gasteiger partial charge in [-0.3, -0.25) is 4.98 Å². The number of aromatic hydroxyl groups is 1. The minimum absolute atomic E-state index is 0.137. The molecule has 0 spiro atoms. The molecule has 0 saturated heterocycles. The molecule has 4 rings (SSSR count). The number of halogens is 1. The van der Waals surface area contributed by atoms with Crippen LogP contribution >= 0.6 is 11.6 Å². The second-order valence-electron chi connectivity index (χ2n) is 6.40. The summed E-state index contributed by atoms with van der Waals surface area (Å²) in [6.45, 7) is 1.99. The predicted molar refractivity (Wildman–Crippen MR) is 109 cm³/mol. The van der Waals surface area contributed by atoms with Gasteiger partial charge in [-0.1, -0.05) is 48.0 Å². The molecule has 0 aliphatic carbocycles. The van der Waals surface area contributed by atoms with Crippen molar-refractivity contribution in [3.63, 3.8) is 0 Å². The number of hydrogen-bond donors (Lipinski definition) is 2. The fraction of sp³-hybridized carbons (Fsp3) is 0.0909. The number of phenolic OH excluding ortho intramolecular Hbond substituents is 1. The van der Waals surface area contributed by atoms with E-state index in [1.165, 1.54) is 0 Å². The number of fused-ring (bicyclic) bond motifs is 1. The highest BCUT2D eigenvalue weighted by Crippen LogP contribution is 2.38. The van der Waals surface area contributed by atoms with Crippen molar-refractivity contribution in [3.05, 3.63) is 94.8 Å². The summed E-state index contributed by atoms with van der Waals surface area (Å²) in [4.78, 5) is 8.69. The number of anilines is 1. The minimum Gasteiger partial charge on any atom is -0.505 e. The van der Waals surface area contributed by atoms with E-state index in [-0.39, 0.29) is 11.8 Å². The average molecular weight is 376 g/mol. The summed E-state index contributed by atoms with van der Waals surface area (Å²) in [5.74, 6) is 0.831. The third-order valence-electron chi connectivity index (χ3n) is 4.51. The Hall–Kier alpha value is -3.11. The summed E-state index contributed by atoms with van der Waals surface area (Å²) in [5, 5.41) is 15.8. The van der Waals surface area contributed by atoms with Crippen molar-refractivity contribution < 1.29 is 5.11 Å². The molecule has 0 saturated carbocycles. The molecule has 0 aliphatic heterocycles. The van der Waals surface area contributed by atoms with Gasteiger partial charge in [-0.2, -0.15) is 0 Å². The highest BCUT2D eigenvalue weighted by Gasteiger charge is 2.22. The third kappa shape index (κ3) is 3.44.